The lowest BCUT2D eigenvalue weighted by molar-refractivity contribution is 0.0873. The van der Waals surface area contributed by atoms with E-state index in [-0.39, 0.29) is 11.4 Å². The summed E-state index contributed by atoms with van der Waals surface area (Å²) in [6.45, 7) is 4.27. The number of benzene rings is 1. The lowest BCUT2D eigenvalue weighted by Gasteiger charge is -2.39. The predicted octanol–water partition coefficient (Wildman–Crippen LogP) is 4.83. The maximum absolute atomic E-state index is 12.6. The number of rotatable bonds is 3. The molecule has 0 aliphatic heterocycles. The van der Waals surface area contributed by atoms with E-state index in [0.29, 0.717) is 0 Å². The van der Waals surface area contributed by atoms with Gasteiger partial charge in [-0.1, -0.05) is 44.8 Å². The molecule has 1 aliphatic rings. The number of alkyl halides is 1. The van der Waals surface area contributed by atoms with Crippen LogP contribution >= 0.6 is 31.9 Å². The van der Waals surface area contributed by atoms with E-state index >= 15 is 0 Å². The second-order valence-electron chi connectivity index (χ2n) is 6.01. The highest BCUT2D eigenvalue weighted by Crippen LogP contribution is 2.33. The van der Waals surface area contributed by atoms with Crippen LogP contribution in [0.2, 0.25) is 0 Å². The van der Waals surface area contributed by atoms with Gasteiger partial charge in [-0.2, -0.15) is 0 Å². The van der Waals surface area contributed by atoms with E-state index in [4.69, 9.17) is 0 Å². The van der Waals surface area contributed by atoms with E-state index in [2.05, 4.69) is 44.1 Å². The first-order valence-corrected chi connectivity index (χ1v) is 9.02. The zero-order valence-corrected chi connectivity index (χ0v) is 15.2. The molecule has 20 heavy (non-hydrogen) atoms. The molecular formula is C16H21Br2NO. The summed E-state index contributed by atoms with van der Waals surface area (Å²) in [7, 11) is 0. The molecule has 1 amide bonds. The lowest BCUT2D eigenvalue weighted by atomic mass is 9.78. The van der Waals surface area contributed by atoms with Crippen LogP contribution in [0.5, 0.6) is 0 Å². The maximum Gasteiger partial charge on any atom is 0.252 e. The van der Waals surface area contributed by atoms with Gasteiger partial charge in [-0.25, -0.2) is 0 Å². The summed E-state index contributed by atoms with van der Waals surface area (Å²) in [5.74, 6) is 0.810. The highest BCUT2D eigenvalue weighted by Gasteiger charge is 2.35. The van der Waals surface area contributed by atoms with Gasteiger partial charge in [0.15, 0.2) is 0 Å². The summed E-state index contributed by atoms with van der Waals surface area (Å²) in [4.78, 5) is 12.6. The Morgan fingerprint density at radius 3 is 2.65 bits per heavy atom. The van der Waals surface area contributed by atoms with Gasteiger partial charge in [0.25, 0.3) is 5.91 Å². The SMILES string of the molecule is Cc1ccc(Br)cc1C(=O)NC1(CBr)CCC(C)CC1. The summed E-state index contributed by atoms with van der Waals surface area (Å²) in [5.41, 5.74) is 1.69. The second-order valence-corrected chi connectivity index (χ2v) is 7.49. The highest BCUT2D eigenvalue weighted by molar-refractivity contribution is 9.10. The molecule has 1 aromatic rings. The first-order chi connectivity index (χ1) is 9.46. The van der Waals surface area contributed by atoms with Gasteiger partial charge in [-0.15, -0.1) is 0 Å². The number of halogens is 2. The number of aryl methyl sites for hydroxylation is 1. The van der Waals surface area contributed by atoms with Gasteiger partial charge in [-0.3, -0.25) is 4.79 Å². The molecule has 1 fully saturated rings. The normalized spacial score (nSPS) is 26.3. The minimum Gasteiger partial charge on any atom is -0.346 e. The number of carbonyl (C=O) groups is 1. The number of hydrogen-bond donors (Lipinski definition) is 1. The molecule has 0 heterocycles. The molecular weight excluding hydrogens is 382 g/mol. The van der Waals surface area contributed by atoms with Crippen LogP contribution in [-0.2, 0) is 0 Å². The molecule has 1 aromatic carbocycles. The van der Waals surface area contributed by atoms with Crippen molar-refractivity contribution < 1.29 is 4.79 Å². The van der Waals surface area contributed by atoms with E-state index in [1.807, 2.05) is 25.1 Å². The van der Waals surface area contributed by atoms with Crippen molar-refractivity contribution in [2.24, 2.45) is 5.92 Å². The summed E-state index contributed by atoms with van der Waals surface area (Å²) in [5, 5.41) is 4.11. The zero-order valence-electron chi connectivity index (χ0n) is 12.0. The Kier molecular flexibility index (Phi) is 5.30. The third kappa shape index (κ3) is 3.64. The average molecular weight is 403 g/mol. The highest BCUT2D eigenvalue weighted by atomic mass is 79.9. The van der Waals surface area contributed by atoms with Gasteiger partial charge in [0.2, 0.25) is 0 Å². The van der Waals surface area contributed by atoms with Gasteiger partial charge in [0.05, 0.1) is 5.54 Å². The van der Waals surface area contributed by atoms with Crippen LogP contribution in [-0.4, -0.2) is 16.8 Å². The fourth-order valence-electron chi connectivity index (χ4n) is 2.75. The van der Waals surface area contributed by atoms with E-state index in [1.54, 1.807) is 0 Å². The van der Waals surface area contributed by atoms with Crippen LogP contribution in [0.25, 0.3) is 0 Å². The molecule has 110 valence electrons. The van der Waals surface area contributed by atoms with Crippen molar-refractivity contribution in [1.29, 1.82) is 0 Å². The molecule has 2 nitrogen and oxygen atoms in total. The minimum absolute atomic E-state index is 0.0396. The van der Waals surface area contributed by atoms with Crippen molar-refractivity contribution in [3.8, 4) is 0 Å². The van der Waals surface area contributed by atoms with E-state index in [0.717, 1.165) is 39.7 Å². The molecule has 0 spiro atoms. The fraction of sp³-hybridized carbons (Fsp3) is 0.562. The van der Waals surface area contributed by atoms with Crippen LogP contribution < -0.4 is 5.32 Å². The van der Waals surface area contributed by atoms with Crippen molar-refractivity contribution in [2.45, 2.75) is 45.1 Å². The van der Waals surface area contributed by atoms with Crippen LogP contribution in [0.3, 0.4) is 0 Å². The first-order valence-electron chi connectivity index (χ1n) is 7.10. The van der Waals surface area contributed by atoms with Crippen molar-refractivity contribution in [3.63, 3.8) is 0 Å². The molecule has 0 radical (unpaired) electrons. The third-order valence-electron chi connectivity index (χ3n) is 4.31. The quantitative estimate of drug-likeness (QED) is 0.720. The van der Waals surface area contributed by atoms with E-state index in [1.165, 1.54) is 12.8 Å². The fourth-order valence-corrected chi connectivity index (χ4v) is 3.82. The molecule has 1 saturated carbocycles. The predicted molar refractivity (Wildman–Crippen MR) is 90.5 cm³/mol. The monoisotopic (exact) mass is 401 g/mol. The standard InChI is InChI=1S/C16H21Br2NO/c1-11-5-7-16(10-17,8-6-11)19-15(20)14-9-13(18)4-3-12(14)2/h3-4,9,11H,5-8,10H2,1-2H3,(H,19,20). The number of nitrogens with one attached hydrogen (secondary N) is 1. The van der Waals surface area contributed by atoms with Crippen molar-refractivity contribution in [2.75, 3.05) is 5.33 Å². The Morgan fingerprint density at radius 2 is 2.05 bits per heavy atom. The van der Waals surface area contributed by atoms with Gasteiger partial charge in [-0.05, 0) is 56.2 Å². The Morgan fingerprint density at radius 1 is 1.40 bits per heavy atom. The topological polar surface area (TPSA) is 29.1 Å². The largest absolute Gasteiger partial charge is 0.346 e. The van der Waals surface area contributed by atoms with Crippen molar-refractivity contribution in [3.05, 3.63) is 33.8 Å². The number of amides is 1. The second kappa shape index (κ2) is 6.61. The smallest absolute Gasteiger partial charge is 0.252 e. The summed E-state index contributed by atoms with van der Waals surface area (Å²) >= 11 is 7.04. The van der Waals surface area contributed by atoms with Crippen LogP contribution in [0.1, 0.15) is 48.5 Å². The molecule has 0 bridgehead atoms. The van der Waals surface area contributed by atoms with Crippen molar-refractivity contribution >= 4 is 37.8 Å². The Balaban J connectivity index is 2.15. The Hall–Kier alpha value is -0.350. The van der Waals surface area contributed by atoms with Gasteiger partial charge in [0, 0.05) is 15.4 Å². The molecule has 0 atom stereocenters. The van der Waals surface area contributed by atoms with E-state index < -0.39 is 0 Å². The maximum atomic E-state index is 12.6. The molecule has 0 aromatic heterocycles. The van der Waals surface area contributed by atoms with Gasteiger partial charge in [0.1, 0.15) is 0 Å². The van der Waals surface area contributed by atoms with Gasteiger partial charge >= 0.3 is 0 Å². The van der Waals surface area contributed by atoms with Crippen LogP contribution in [0, 0.1) is 12.8 Å². The van der Waals surface area contributed by atoms with E-state index in [9.17, 15) is 4.79 Å². The molecule has 1 aliphatic carbocycles. The van der Waals surface area contributed by atoms with Crippen LogP contribution in [0.4, 0.5) is 0 Å². The molecule has 1 N–H and O–H groups in total. The first kappa shape index (κ1) is 16.0. The Labute approximate surface area is 138 Å². The summed E-state index contributed by atoms with van der Waals surface area (Å²) in [6.07, 6.45) is 4.48. The lowest BCUT2D eigenvalue weighted by Crippen LogP contribution is -2.52. The minimum atomic E-state index is -0.0850. The third-order valence-corrected chi connectivity index (χ3v) is 5.88. The van der Waals surface area contributed by atoms with Crippen molar-refractivity contribution in [1.82, 2.24) is 5.32 Å². The molecule has 4 heteroatoms. The molecule has 0 saturated heterocycles. The van der Waals surface area contributed by atoms with Crippen LogP contribution in [0.15, 0.2) is 22.7 Å². The zero-order chi connectivity index (χ0) is 14.8. The number of carbonyl (C=O) groups excluding carboxylic acids is 1. The summed E-state index contributed by atoms with van der Waals surface area (Å²) in [6, 6.07) is 5.84. The Bertz CT molecular complexity index is 493. The molecule has 2 rings (SSSR count). The average Bonchev–Trinajstić information content (AvgIpc) is 2.44. The summed E-state index contributed by atoms with van der Waals surface area (Å²) < 4.78 is 0.943. The number of hydrogen-bond acceptors (Lipinski definition) is 1. The molecule has 0 unspecified atom stereocenters. The van der Waals surface area contributed by atoms with Gasteiger partial charge < -0.3 is 5.32 Å².